The van der Waals surface area contributed by atoms with Crippen LogP contribution >= 0.6 is 37.2 Å². The van der Waals surface area contributed by atoms with Gasteiger partial charge in [-0.25, -0.2) is 0 Å². The molecule has 0 saturated heterocycles. The summed E-state index contributed by atoms with van der Waals surface area (Å²) in [6, 6.07) is 10.4. The van der Waals surface area contributed by atoms with Crippen LogP contribution in [0.3, 0.4) is 0 Å². The third-order valence-electron chi connectivity index (χ3n) is 0.774. The monoisotopic (exact) mass is 578 g/mol. The van der Waals surface area contributed by atoms with Gasteiger partial charge in [0.15, 0.2) is 0 Å². The molecule has 0 N–H and O–H groups in total. The van der Waals surface area contributed by atoms with E-state index in [-0.39, 0.29) is 0 Å². The Labute approximate surface area is 105 Å². The molecular weight excluding hydrogens is 571 g/mol. The van der Waals surface area contributed by atoms with E-state index >= 15 is 0 Å². The fourth-order valence-corrected chi connectivity index (χ4v) is 0.987. The maximum atomic E-state index is 2.39. The maximum absolute atomic E-state index is 2.39. The van der Waals surface area contributed by atoms with Crippen LogP contribution in [0.2, 0.25) is 0 Å². The molecule has 0 amide bonds. The molecule has 0 aliphatic carbocycles. The van der Waals surface area contributed by atoms with Crippen molar-refractivity contribution in [2.24, 2.45) is 0 Å². The van der Waals surface area contributed by atoms with Gasteiger partial charge in [0.2, 0.25) is 0 Å². The van der Waals surface area contributed by atoms with Crippen molar-refractivity contribution in [3.63, 3.8) is 0 Å². The first-order valence-corrected chi connectivity index (χ1v) is 16.4. The van der Waals surface area contributed by atoms with Crippen LogP contribution in [0.5, 0.6) is 0 Å². The first kappa shape index (κ1) is 12.2. The van der Waals surface area contributed by atoms with Gasteiger partial charge >= 0.3 is 107 Å². The molecule has 0 aliphatic heterocycles. The summed E-state index contributed by atoms with van der Waals surface area (Å²) in [7, 11) is 0. The third kappa shape index (κ3) is 8.31. The molecule has 0 saturated carbocycles. The van der Waals surface area contributed by atoms with Crippen LogP contribution in [0.1, 0.15) is 0 Å². The first-order valence-electron chi connectivity index (χ1n) is 2.45. The van der Waals surface area contributed by atoms with Gasteiger partial charge in [0.25, 0.3) is 0 Å². The fraction of sp³-hybridized carbons (Fsp3) is 0. The van der Waals surface area contributed by atoms with E-state index < -0.39 is 0 Å². The molecule has 3 radical (unpaired) electrons. The Kier molecular flexibility index (Phi) is 11.4. The second-order valence-electron chi connectivity index (χ2n) is 1.42. The quantitative estimate of drug-likeness (QED) is 0.282. The van der Waals surface area contributed by atoms with E-state index in [0.717, 1.165) is 0 Å². The average molecular weight is 577 g/mol. The summed E-state index contributed by atoms with van der Waals surface area (Å²) < 4.78 is 1.41. The molecule has 0 aliphatic rings. The van der Waals surface area contributed by atoms with E-state index in [1.165, 1.54) is 26.1 Å². The molecule has 0 atom stereocenters. The van der Waals surface area contributed by atoms with Crippen molar-refractivity contribution in [1.29, 1.82) is 0 Å². The van der Waals surface area contributed by atoms with E-state index in [0.29, 0.717) is 13.3 Å². The molecule has 10 heavy (non-hydrogen) atoms. The number of rotatable bonds is 0. The molecule has 0 aromatic heterocycles. The van der Waals surface area contributed by atoms with Gasteiger partial charge in [0.05, 0.1) is 0 Å². The first-order chi connectivity index (χ1) is 4.81. The predicted molar refractivity (Wildman–Crippen MR) is 59.9 cm³/mol. The predicted octanol–water partition coefficient (Wildman–Crippen LogP) is -0.744. The number of benzene rings is 1. The summed E-state index contributed by atoms with van der Waals surface area (Å²) in [6.07, 6.45) is 0. The third-order valence-corrected chi connectivity index (χ3v) is 1.73. The van der Waals surface area contributed by atoms with Crippen molar-refractivity contribution in [1.82, 2.24) is 0 Å². The van der Waals surface area contributed by atoms with Crippen LogP contribution in [-0.2, 0) is 0 Å². The van der Waals surface area contributed by atoms with Crippen LogP contribution < -0.4 is 16.8 Å². The SMILES string of the molecule is I[I-]I.[Sn][c]1ccccc1. The van der Waals surface area contributed by atoms with E-state index in [4.69, 9.17) is 0 Å². The van der Waals surface area contributed by atoms with Crippen LogP contribution in [0, 0.1) is 0 Å². The van der Waals surface area contributed by atoms with Gasteiger partial charge in [-0.05, 0) is 0 Å². The van der Waals surface area contributed by atoms with Crippen molar-refractivity contribution in [3.05, 3.63) is 30.3 Å². The molecule has 1 aromatic rings. The van der Waals surface area contributed by atoms with E-state index in [1.807, 2.05) is 6.07 Å². The van der Waals surface area contributed by atoms with Gasteiger partial charge in [0, 0.05) is 0 Å². The van der Waals surface area contributed by atoms with Gasteiger partial charge in [-0.2, -0.15) is 0 Å². The Balaban J connectivity index is 0.000000236. The average Bonchev–Trinajstić information content (AvgIpc) is 1.91. The Morgan fingerprint density at radius 2 is 1.50 bits per heavy atom. The molecular formula is C6H5I3Sn-. The van der Waals surface area contributed by atoms with Crippen LogP contribution in [0.25, 0.3) is 0 Å². The molecule has 0 spiro atoms. The van der Waals surface area contributed by atoms with Crippen LogP contribution in [-0.4, -0.2) is 22.5 Å². The molecule has 1 aromatic carbocycles. The standard InChI is InChI=1S/C6H5.I3.Sn/c1-2-4-6-5-3-1;1-3-2;/h1-5H;;/q;-1;. The van der Waals surface area contributed by atoms with E-state index in [2.05, 4.69) is 61.5 Å². The summed E-state index contributed by atoms with van der Waals surface area (Å²) in [4.78, 5) is 0. The minimum absolute atomic E-state index is 0.530. The second-order valence-corrected chi connectivity index (χ2v) is 19.3. The Morgan fingerprint density at radius 1 is 1.10 bits per heavy atom. The normalized spacial score (nSPS) is 8.30. The summed E-state index contributed by atoms with van der Waals surface area (Å²) in [5.41, 5.74) is 0. The van der Waals surface area contributed by atoms with E-state index in [9.17, 15) is 0 Å². The zero-order valence-corrected chi connectivity index (χ0v) is 14.3. The van der Waals surface area contributed by atoms with Crippen LogP contribution in [0.4, 0.5) is 0 Å². The molecule has 0 fully saturated rings. The van der Waals surface area contributed by atoms with Crippen molar-refractivity contribution in [2.45, 2.75) is 0 Å². The number of hydrogen-bond acceptors (Lipinski definition) is 0. The second kappa shape index (κ2) is 9.30. The van der Waals surface area contributed by atoms with Gasteiger partial charge < -0.3 is 0 Å². The van der Waals surface area contributed by atoms with Crippen molar-refractivity contribution in [3.8, 4) is 0 Å². The fourth-order valence-electron chi connectivity index (χ4n) is 0.438. The molecule has 1 rings (SSSR count). The Morgan fingerprint density at radius 3 is 1.70 bits per heavy atom. The molecule has 55 valence electrons. The zero-order valence-electron chi connectivity index (χ0n) is 5.02. The van der Waals surface area contributed by atoms with Gasteiger partial charge in [-0.1, -0.05) is 0 Å². The molecule has 0 unspecified atom stereocenters. The molecule has 0 nitrogen and oxygen atoms in total. The van der Waals surface area contributed by atoms with Crippen molar-refractivity contribution in [2.75, 3.05) is 0 Å². The van der Waals surface area contributed by atoms with Gasteiger partial charge in [-0.15, -0.1) is 0 Å². The van der Waals surface area contributed by atoms with E-state index in [1.54, 1.807) is 0 Å². The Bertz CT molecular complexity index is 154. The Hall–Kier alpha value is 2.21. The minimum atomic E-state index is 0.530. The zero-order chi connectivity index (χ0) is 7.82. The number of halogens is 3. The van der Waals surface area contributed by atoms with Crippen molar-refractivity contribution >= 4 is 63.3 Å². The van der Waals surface area contributed by atoms with Crippen molar-refractivity contribution < 1.29 is 13.3 Å². The summed E-state index contributed by atoms with van der Waals surface area (Å²) in [5, 5.41) is 0. The molecule has 0 heterocycles. The van der Waals surface area contributed by atoms with Crippen LogP contribution in [0.15, 0.2) is 30.3 Å². The molecule has 4 heteroatoms. The molecule has 0 bridgehead atoms. The van der Waals surface area contributed by atoms with Gasteiger partial charge in [0.1, 0.15) is 0 Å². The summed E-state index contributed by atoms with van der Waals surface area (Å²) >= 11 is 6.79. The summed E-state index contributed by atoms with van der Waals surface area (Å²) in [5.74, 6) is 0. The number of hydrogen-bond donors (Lipinski definition) is 0. The topological polar surface area (TPSA) is 0 Å². The summed E-state index contributed by atoms with van der Waals surface area (Å²) in [6.45, 7) is 0. The van der Waals surface area contributed by atoms with Gasteiger partial charge in [-0.3, -0.25) is 0 Å².